The quantitative estimate of drug-likeness (QED) is 0.423. The van der Waals surface area contributed by atoms with Gasteiger partial charge in [-0.25, -0.2) is 4.98 Å². The summed E-state index contributed by atoms with van der Waals surface area (Å²) in [7, 11) is 0. The van der Waals surface area contributed by atoms with E-state index in [1.54, 1.807) is 13.1 Å². The lowest BCUT2D eigenvalue weighted by Gasteiger charge is -2.27. The molecule has 7 nitrogen and oxygen atoms in total. The van der Waals surface area contributed by atoms with Crippen molar-refractivity contribution >= 4 is 0 Å². The van der Waals surface area contributed by atoms with Crippen LogP contribution < -0.4 is 5.32 Å². The first-order chi connectivity index (χ1) is 17.1. The van der Waals surface area contributed by atoms with Gasteiger partial charge in [0.15, 0.2) is 5.76 Å². The lowest BCUT2D eigenvalue weighted by molar-refractivity contribution is 0.184. The van der Waals surface area contributed by atoms with Crippen molar-refractivity contribution in [3.05, 3.63) is 95.2 Å². The molecule has 0 unspecified atom stereocenters. The number of piperazine rings is 1. The van der Waals surface area contributed by atoms with Gasteiger partial charge in [0.05, 0.1) is 6.54 Å². The Kier molecular flexibility index (Phi) is 7.05. The van der Waals surface area contributed by atoms with Crippen LogP contribution in [0.2, 0.25) is 0 Å². The summed E-state index contributed by atoms with van der Waals surface area (Å²) in [5, 5.41) is 17.4. The summed E-state index contributed by atoms with van der Waals surface area (Å²) >= 11 is 0. The molecule has 0 amide bonds. The van der Waals surface area contributed by atoms with Crippen LogP contribution in [0, 0.1) is 11.8 Å². The normalized spacial score (nSPS) is 14.9. The molecule has 0 aliphatic carbocycles. The minimum absolute atomic E-state index is 0.487. The molecule has 4 aromatic rings. The lowest BCUT2D eigenvalue weighted by atomic mass is 10.1. The number of aliphatic hydroxyl groups is 1. The van der Waals surface area contributed by atoms with Crippen LogP contribution in [-0.2, 0) is 13.1 Å². The van der Waals surface area contributed by atoms with Crippen molar-refractivity contribution in [2.24, 2.45) is 0 Å². The highest BCUT2D eigenvalue weighted by Gasteiger charge is 2.12. The van der Waals surface area contributed by atoms with Crippen molar-refractivity contribution < 1.29 is 9.63 Å². The molecule has 0 spiro atoms. The molecule has 2 aromatic carbocycles. The predicted octanol–water partition coefficient (Wildman–Crippen LogP) is 3.44. The van der Waals surface area contributed by atoms with Gasteiger partial charge in [0.2, 0.25) is 0 Å². The fraction of sp³-hybridized carbons (Fsp3) is 0.286. The Morgan fingerprint density at radius 1 is 1.00 bits per heavy atom. The fourth-order valence-corrected chi connectivity index (χ4v) is 4.20. The molecule has 3 heterocycles. The van der Waals surface area contributed by atoms with E-state index in [-0.39, 0.29) is 0 Å². The predicted molar refractivity (Wildman–Crippen MR) is 134 cm³/mol. The number of hydrogen-bond acceptors (Lipinski definition) is 6. The van der Waals surface area contributed by atoms with Crippen molar-refractivity contribution in [3.63, 3.8) is 0 Å². The number of rotatable bonds is 6. The van der Waals surface area contributed by atoms with E-state index in [4.69, 9.17) is 4.52 Å². The Labute approximate surface area is 205 Å². The maximum Gasteiger partial charge on any atom is 0.167 e. The Morgan fingerprint density at radius 3 is 2.37 bits per heavy atom. The Hall–Kier alpha value is -3.70. The van der Waals surface area contributed by atoms with E-state index in [1.807, 2.05) is 41.1 Å². The van der Waals surface area contributed by atoms with E-state index >= 15 is 0 Å². The van der Waals surface area contributed by atoms with Gasteiger partial charge >= 0.3 is 0 Å². The molecule has 35 heavy (non-hydrogen) atoms. The molecule has 2 N–H and O–H groups in total. The van der Waals surface area contributed by atoms with Crippen LogP contribution in [0.4, 0.5) is 0 Å². The molecular weight excluding hydrogens is 438 g/mol. The largest absolute Gasteiger partial charge is 0.385 e. The van der Waals surface area contributed by atoms with Crippen LogP contribution in [0.5, 0.6) is 0 Å². The van der Waals surface area contributed by atoms with Gasteiger partial charge in [0.25, 0.3) is 0 Å². The summed E-state index contributed by atoms with van der Waals surface area (Å²) in [4.78, 5) is 6.66. The van der Waals surface area contributed by atoms with Gasteiger partial charge in [0, 0.05) is 67.9 Å². The minimum Gasteiger partial charge on any atom is -0.385 e. The zero-order valence-corrected chi connectivity index (χ0v) is 19.8. The summed E-state index contributed by atoms with van der Waals surface area (Å²) in [6.45, 7) is 7.50. The zero-order valence-electron chi connectivity index (χ0n) is 19.8. The number of nitrogens with one attached hydrogen (secondary N) is 1. The summed E-state index contributed by atoms with van der Waals surface area (Å²) in [5.41, 5.74) is 4.98. The molecule has 1 fully saturated rings. The lowest BCUT2D eigenvalue weighted by Crippen LogP contribution is -2.42. The van der Waals surface area contributed by atoms with Crippen LogP contribution in [0.25, 0.3) is 11.3 Å². The average molecular weight is 468 g/mol. The van der Waals surface area contributed by atoms with Crippen LogP contribution in [0.3, 0.4) is 0 Å². The molecule has 1 aliphatic rings. The number of nitrogens with zero attached hydrogens (tertiary/aromatic N) is 4. The first-order valence-corrected chi connectivity index (χ1v) is 11.9. The third-order valence-electron chi connectivity index (χ3n) is 6.10. The van der Waals surface area contributed by atoms with Gasteiger partial charge in [0.1, 0.15) is 17.6 Å². The third kappa shape index (κ3) is 5.87. The van der Waals surface area contributed by atoms with E-state index in [0.717, 1.165) is 55.1 Å². The standard InChI is InChI=1S/C28H29N5O2/c1-21(34)28-30-14-17-33(28)20-26-18-27(35-31-26)25-10-8-23(9-11-25)3-2-22-4-6-24(7-5-22)19-32-15-12-29-13-16-32/h4-11,14,17-18,21,29,34H,12-13,15-16,19-20H2,1H3/t21-/m0/s1. The summed E-state index contributed by atoms with van der Waals surface area (Å²) < 4.78 is 7.41. The maximum atomic E-state index is 9.83. The van der Waals surface area contributed by atoms with Gasteiger partial charge in [-0.2, -0.15) is 0 Å². The molecule has 1 saturated heterocycles. The molecule has 5 rings (SSSR count). The number of imidazole rings is 1. The maximum absolute atomic E-state index is 9.83. The number of aliphatic hydroxyl groups excluding tert-OH is 1. The second-order valence-corrected chi connectivity index (χ2v) is 8.82. The van der Waals surface area contributed by atoms with E-state index < -0.39 is 6.10 Å². The molecule has 0 saturated carbocycles. The molecule has 2 aromatic heterocycles. The zero-order chi connectivity index (χ0) is 24.0. The second-order valence-electron chi connectivity index (χ2n) is 8.82. The van der Waals surface area contributed by atoms with Gasteiger partial charge in [-0.05, 0) is 48.9 Å². The minimum atomic E-state index is -0.639. The smallest absolute Gasteiger partial charge is 0.167 e. The molecule has 1 aliphatic heterocycles. The van der Waals surface area contributed by atoms with E-state index in [9.17, 15) is 5.11 Å². The van der Waals surface area contributed by atoms with E-state index in [0.29, 0.717) is 18.1 Å². The number of benzene rings is 2. The van der Waals surface area contributed by atoms with Crippen LogP contribution >= 0.6 is 0 Å². The third-order valence-corrected chi connectivity index (χ3v) is 6.10. The van der Waals surface area contributed by atoms with E-state index in [1.165, 1.54) is 5.56 Å². The number of aromatic nitrogens is 3. The Bertz CT molecular complexity index is 1300. The summed E-state index contributed by atoms with van der Waals surface area (Å²) in [6.07, 6.45) is 2.86. The highest BCUT2D eigenvalue weighted by atomic mass is 16.5. The van der Waals surface area contributed by atoms with Crippen molar-refractivity contribution in [2.75, 3.05) is 26.2 Å². The van der Waals surface area contributed by atoms with Gasteiger partial charge < -0.3 is 19.5 Å². The molecular formula is C28H29N5O2. The van der Waals surface area contributed by atoms with E-state index in [2.05, 4.69) is 56.5 Å². The van der Waals surface area contributed by atoms with Crippen molar-refractivity contribution in [1.29, 1.82) is 0 Å². The van der Waals surface area contributed by atoms with Crippen molar-refractivity contribution in [2.45, 2.75) is 26.1 Å². The summed E-state index contributed by atoms with van der Waals surface area (Å²) in [5.74, 6) is 7.80. The van der Waals surface area contributed by atoms with Gasteiger partial charge in [-0.1, -0.05) is 29.1 Å². The molecule has 1 atom stereocenters. The summed E-state index contributed by atoms with van der Waals surface area (Å²) in [6, 6.07) is 18.4. The highest BCUT2D eigenvalue weighted by Crippen LogP contribution is 2.22. The fourth-order valence-electron chi connectivity index (χ4n) is 4.20. The Balaban J connectivity index is 1.20. The van der Waals surface area contributed by atoms with Crippen LogP contribution in [0.1, 0.15) is 41.2 Å². The molecule has 7 heteroatoms. The molecule has 0 radical (unpaired) electrons. The highest BCUT2D eigenvalue weighted by molar-refractivity contribution is 5.59. The van der Waals surface area contributed by atoms with Crippen LogP contribution in [0.15, 0.2) is 71.5 Å². The van der Waals surface area contributed by atoms with Gasteiger partial charge in [-0.15, -0.1) is 0 Å². The number of hydrogen-bond donors (Lipinski definition) is 2. The second kappa shape index (κ2) is 10.7. The topological polar surface area (TPSA) is 79.4 Å². The first-order valence-electron chi connectivity index (χ1n) is 11.9. The molecule has 0 bridgehead atoms. The average Bonchev–Trinajstić information content (AvgIpc) is 3.55. The van der Waals surface area contributed by atoms with Gasteiger partial charge in [-0.3, -0.25) is 4.90 Å². The SMILES string of the molecule is C[C@H](O)c1nccn1Cc1cc(-c2ccc(C#Cc3ccc(CN4CCNCC4)cc3)cc2)on1. The van der Waals surface area contributed by atoms with Crippen molar-refractivity contribution in [3.8, 4) is 23.2 Å². The Morgan fingerprint density at radius 2 is 1.69 bits per heavy atom. The first kappa shape index (κ1) is 23.1. The monoisotopic (exact) mass is 467 g/mol. The van der Waals surface area contributed by atoms with Crippen molar-refractivity contribution in [1.82, 2.24) is 24.9 Å². The van der Waals surface area contributed by atoms with Crippen LogP contribution in [-0.4, -0.2) is 50.9 Å². The molecule has 178 valence electrons.